The molecule has 0 saturated carbocycles. The summed E-state index contributed by atoms with van der Waals surface area (Å²) in [4.78, 5) is 2.85. The van der Waals surface area contributed by atoms with Crippen LogP contribution in [0.5, 0.6) is 5.75 Å². The maximum Gasteiger partial charge on any atom is 0.123 e. The van der Waals surface area contributed by atoms with Gasteiger partial charge in [-0.15, -0.1) is 0 Å². The third kappa shape index (κ3) is 1.94. The Morgan fingerprint density at radius 3 is 2.25 bits per heavy atom. The summed E-state index contributed by atoms with van der Waals surface area (Å²) in [6, 6.07) is 18.7. The predicted molar refractivity (Wildman–Crippen MR) is 79.9 cm³/mol. The summed E-state index contributed by atoms with van der Waals surface area (Å²) < 4.78 is 0. The molecular formula is C16H11N3O. The highest BCUT2D eigenvalue weighted by molar-refractivity contribution is 6.05. The van der Waals surface area contributed by atoms with E-state index in [-0.39, 0.29) is 5.75 Å². The van der Waals surface area contributed by atoms with Crippen LogP contribution in [0.4, 0.5) is 5.69 Å². The van der Waals surface area contributed by atoms with Gasteiger partial charge in [-0.25, -0.2) is 0 Å². The monoisotopic (exact) mass is 261 g/mol. The second-order valence-electron chi connectivity index (χ2n) is 4.39. The molecule has 0 aromatic heterocycles. The maximum atomic E-state index is 10.1. The lowest BCUT2D eigenvalue weighted by molar-refractivity contribution is 0.482. The summed E-state index contributed by atoms with van der Waals surface area (Å²) in [5.74, 6) is 0.114. The van der Waals surface area contributed by atoms with E-state index in [4.69, 9.17) is 5.53 Å². The van der Waals surface area contributed by atoms with Crippen molar-refractivity contribution in [3.05, 3.63) is 71.1 Å². The molecule has 3 aromatic rings. The Bertz CT molecular complexity index is 822. The van der Waals surface area contributed by atoms with Gasteiger partial charge in [0, 0.05) is 16.0 Å². The number of azide groups is 1. The summed E-state index contributed by atoms with van der Waals surface area (Å²) in [7, 11) is 0. The van der Waals surface area contributed by atoms with Gasteiger partial charge in [0.1, 0.15) is 5.75 Å². The first-order valence-electron chi connectivity index (χ1n) is 6.16. The van der Waals surface area contributed by atoms with Crippen LogP contribution in [0.2, 0.25) is 0 Å². The molecule has 0 radical (unpaired) electrons. The van der Waals surface area contributed by atoms with Gasteiger partial charge in [-0.05, 0) is 28.1 Å². The Morgan fingerprint density at radius 2 is 1.55 bits per heavy atom. The first kappa shape index (κ1) is 12.1. The molecule has 4 heteroatoms. The van der Waals surface area contributed by atoms with Crippen molar-refractivity contribution < 1.29 is 5.11 Å². The quantitative estimate of drug-likeness (QED) is 0.386. The fourth-order valence-electron chi connectivity index (χ4n) is 2.38. The molecule has 3 aromatic carbocycles. The zero-order valence-electron chi connectivity index (χ0n) is 10.6. The predicted octanol–water partition coefficient (Wildman–Crippen LogP) is 5.15. The van der Waals surface area contributed by atoms with Gasteiger partial charge in [0.15, 0.2) is 0 Å². The minimum Gasteiger partial charge on any atom is -0.507 e. The molecule has 0 unspecified atom stereocenters. The molecular weight excluding hydrogens is 250 g/mol. The first-order valence-corrected chi connectivity index (χ1v) is 6.16. The molecule has 0 aliphatic heterocycles. The Labute approximate surface area is 115 Å². The highest BCUT2D eigenvalue weighted by Gasteiger charge is 2.12. The zero-order chi connectivity index (χ0) is 13.9. The van der Waals surface area contributed by atoms with Gasteiger partial charge >= 0.3 is 0 Å². The Hall–Kier alpha value is -2.97. The van der Waals surface area contributed by atoms with E-state index in [9.17, 15) is 5.11 Å². The Kier molecular flexibility index (Phi) is 2.99. The van der Waals surface area contributed by atoms with E-state index in [0.717, 1.165) is 21.9 Å². The smallest absolute Gasteiger partial charge is 0.123 e. The van der Waals surface area contributed by atoms with Crippen LogP contribution >= 0.6 is 0 Å². The van der Waals surface area contributed by atoms with Crippen LogP contribution in [-0.4, -0.2) is 5.11 Å². The van der Waals surface area contributed by atoms with Gasteiger partial charge in [0.2, 0.25) is 0 Å². The average molecular weight is 261 g/mol. The van der Waals surface area contributed by atoms with Crippen molar-refractivity contribution in [1.29, 1.82) is 0 Å². The third-order valence-corrected chi connectivity index (χ3v) is 3.22. The third-order valence-electron chi connectivity index (χ3n) is 3.22. The van der Waals surface area contributed by atoms with Crippen LogP contribution in [0.3, 0.4) is 0 Å². The largest absolute Gasteiger partial charge is 0.507 e. The lowest BCUT2D eigenvalue weighted by Gasteiger charge is -2.11. The number of aromatic hydroxyl groups is 1. The van der Waals surface area contributed by atoms with E-state index in [1.54, 1.807) is 0 Å². The molecule has 0 spiro atoms. The zero-order valence-corrected chi connectivity index (χ0v) is 10.6. The van der Waals surface area contributed by atoms with Crippen molar-refractivity contribution in [1.82, 2.24) is 0 Å². The summed E-state index contributed by atoms with van der Waals surface area (Å²) >= 11 is 0. The summed E-state index contributed by atoms with van der Waals surface area (Å²) in [6.45, 7) is 0. The molecule has 0 heterocycles. The van der Waals surface area contributed by atoms with E-state index in [1.165, 1.54) is 6.07 Å². The van der Waals surface area contributed by atoms with Gasteiger partial charge in [-0.3, -0.25) is 0 Å². The number of fused-ring (bicyclic) bond motifs is 1. The normalized spacial score (nSPS) is 10.2. The summed E-state index contributed by atoms with van der Waals surface area (Å²) in [5.41, 5.74) is 10.9. The van der Waals surface area contributed by atoms with E-state index >= 15 is 0 Å². The lowest BCUT2D eigenvalue weighted by Crippen LogP contribution is -1.83. The Morgan fingerprint density at radius 1 is 0.900 bits per heavy atom. The van der Waals surface area contributed by atoms with E-state index in [1.807, 2.05) is 54.6 Å². The fraction of sp³-hybridized carbons (Fsp3) is 0. The van der Waals surface area contributed by atoms with Gasteiger partial charge < -0.3 is 5.11 Å². The molecule has 1 N–H and O–H groups in total. The topological polar surface area (TPSA) is 69.0 Å². The molecule has 0 amide bonds. The number of phenolic OH excluding ortho intramolecular Hbond substituents is 1. The van der Waals surface area contributed by atoms with Crippen molar-refractivity contribution in [2.45, 2.75) is 0 Å². The van der Waals surface area contributed by atoms with Crippen molar-refractivity contribution in [2.24, 2.45) is 5.11 Å². The van der Waals surface area contributed by atoms with E-state index < -0.39 is 0 Å². The molecule has 0 saturated heterocycles. The van der Waals surface area contributed by atoms with Crippen molar-refractivity contribution in [3.63, 3.8) is 0 Å². The molecule has 4 nitrogen and oxygen atoms in total. The average Bonchev–Trinajstić information content (AvgIpc) is 2.49. The standard InChI is InChI=1S/C16H11N3O/c17-19-18-14-10-15(20)12-8-4-5-9-13(12)16(14)11-6-2-1-3-7-11/h1-10,20H. The molecule has 0 aliphatic rings. The highest BCUT2D eigenvalue weighted by atomic mass is 16.3. The summed E-state index contributed by atoms with van der Waals surface area (Å²) in [5, 5.41) is 15.4. The molecule has 0 bridgehead atoms. The van der Waals surface area contributed by atoms with Gasteiger partial charge in [0.25, 0.3) is 0 Å². The SMILES string of the molecule is [N-]=[N+]=Nc1cc(O)c2ccccc2c1-c1ccccc1. The fourth-order valence-corrected chi connectivity index (χ4v) is 2.38. The van der Waals surface area contributed by atoms with E-state index in [2.05, 4.69) is 10.0 Å². The second kappa shape index (κ2) is 4.96. The van der Waals surface area contributed by atoms with Crippen LogP contribution in [0, 0.1) is 0 Å². The minimum atomic E-state index is 0.114. The molecule has 20 heavy (non-hydrogen) atoms. The highest BCUT2D eigenvalue weighted by Crippen LogP contribution is 2.41. The molecule has 96 valence electrons. The van der Waals surface area contributed by atoms with Crippen molar-refractivity contribution >= 4 is 16.5 Å². The summed E-state index contributed by atoms with van der Waals surface area (Å²) in [6.07, 6.45) is 0. The van der Waals surface area contributed by atoms with Crippen LogP contribution in [0.1, 0.15) is 0 Å². The van der Waals surface area contributed by atoms with Gasteiger partial charge in [-0.2, -0.15) is 0 Å². The number of benzene rings is 3. The van der Waals surface area contributed by atoms with Gasteiger partial charge in [-0.1, -0.05) is 59.7 Å². The van der Waals surface area contributed by atoms with Gasteiger partial charge in [0.05, 0.1) is 0 Å². The molecule has 3 rings (SSSR count). The first-order chi connectivity index (χ1) is 9.81. The van der Waals surface area contributed by atoms with Crippen molar-refractivity contribution in [2.75, 3.05) is 0 Å². The number of rotatable bonds is 2. The van der Waals surface area contributed by atoms with Crippen LogP contribution in [0.25, 0.3) is 32.3 Å². The molecule has 0 fully saturated rings. The second-order valence-corrected chi connectivity index (χ2v) is 4.39. The number of hydrogen-bond acceptors (Lipinski definition) is 2. The maximum absolute atomic E-state index is 10.1. The minimum absolute atomic E-state index is 0.114. The molecule has 0 atom stereocenters. The number of hydrogen-bond donors (Lipinski definition) is 1. The Balaban J connectivity index is 2.46. The van der Waals surface area contributed by atoms with Crippen LogP contribution in [-0.2, 0) is 0 Å². The van der Waals surface area contributed by atoms with Crippen molar-refractivity contribution in [3.8, 4) is 16.9 Å². The van der Waals surface area contributed by atoms with E-state index in [0.29, 0.717) is 5.69 Å². The van der Waals surface area contributed by atoms with Crippen LogP contribution in [0.15, 0.2) is 65.8 Å². The lowest BCUT2D eigenvalue weighted by atomic mass is 9.96. The number of nitrogens with zero attached hydrogens (tertiary/aromatic N) is 3. The van der Waals surface area contributed by atoms with Crippen LogP contribution < -0.4 is 0 Å². The number of phenols is 1. The molecule has 0 aliphatic carbocycles.